The second kappa shape index (κ2) is 5.25. The molecular formula is C15H23FN2. The molecule has 18 heavy (non-hydrogen) atoms. The lowest BCUT2D eigenvalue weighted by atomic mass is 9.77. The summed E-state index contributed by atoms with van der Waals surface area (Å²) >= 11 is 0. The molecule has 1 atom stereocenters. The van der Waals surface area contributed by atoms with Crippen molar-refractivity contribution >= 4 is 5.69 Å². The van der Waals surface area contributed by atoms with Crippen LogP contribution in [0.25, 0.3) is 0 Å². The van der Waals surface area contributed by atoms with Crippen LogP contribution in [-0.2, 0) is 0 Å². The van der Waals surface area contributed by atoms with Gasteiger partial charge in [0.15, 0.2) is 0 Å². The quantitative estimate of drug-likeness (QED) is 0.703. The van der Waals surface area contributed by atoms with Gasteiger partial charge in [0, 0.05) is 31.0 Å². The monoisotopic (exact) mass is 250 g/mol. The molecule has 0 aliphatic carbocycles. The van der Waals surface area contributed by atoms with Crippen molar-refractivity contribution in [2.45, 2.75) is 40.0 Å². The van der Waals surface area contributed by atoms with Gasteiger partial charge in [-0.15, -0.1) is 0 Å². The number of hydrogen-bond acceptors (Lipinski definition) is 2. The first-order valence-corrected chi connectivity index (χ1v) is 6.83. The molecular weight excluding hydrogens is 227 g/mol. The van der Waals surface area contributed by atoms with E-state index in [4.69, 9.17) is 0 Å². The molecule has 1 aliphatic rings. The van der Waals surface area contributed by atoms with E-state index in [0.717, 1.165) is 24.7 Å². The molecule has 1 aromatic heterocycles. The maximum Gasteiger partial charge on any atom is 0.214 e. The summed E-state index contributed by atoms with van der Waals surface area (Å²) in [7, 11) is 0. The fourth-order valence-electron chi connectivity index (χ4n) is 2.81. The Bertz CT molecular complexity index is 398. The van der Waals surface area contributed by atoms with Gasteiger partial charge >= 0.3 is 0 Å². The Kier molecular flexibility index (Phi) is 3.88. The van der Waals surface area contributed by atoms with Crippen LogP contribution in [0.3, 0.4) is 0 Å². The van der Waals surface area contributed by atoms with Gasteiger partial charge in [0.05, 0.1) is 0 Å². The van der Waals surface area contributed by atoms with Gasteiger partial charge in [0.2, 0.25) is 5.95 Å². The van der Waals surface area contributed by atoms with Crippen LogP contribution in [0, 0.1) is 17.3 Å². The van der Waals surface area contributed by atoms with Crippen molar-refractivity contribution in [1.29, 1.82) is 0 Å². The summed E-state index contributed by atoms with van der Waals surface area (Å²) in [6, 6.07) is 3.44. The molecule has 0 N–H and O–H groups in total. The summed E-state index contributed by atoms with van der Waals surface area (Å²) in [6.45, 7) is 9.00. The van der Waals surface area contributed by atoms with Crippen molar-refractivity contribution in [1.82, 2.24) is 4.98 Å². The third-order valence-corrected chi connectivity index (χ3v) is 4.03. The summed E-state index contributed by atoms with van der Waals surface area (Å²) in [4.78, 5) is 5.91. The van der Waals surface area contributed by atoms with E-state index in [2.05, 4.69) is 30.7 Å². The van der Waals surface area contributed by atoms with Crippen molar-refractivity contribution in [2.75, 3.05) is 18.0 Å². The van der Waals surface area contributed by atoms with Gasteiger partial charge < -0.3 is 4.90 Å². The van der Waals surface area contributed by atoms with E-state index in [9.17, 15) is 4.39 Å². The Morgan fingerprint density at radius 2 is 2.06 bits per heavy atom. The average Bonchev–Trinajstić information content (AvgIpc) is 2.53. The zero-order chi connectivity index (χ0) is 13.2. The molecule has 1 aliphatic heterocycles. The van der Waals surface area contributed by atoms with Gasteiger partial charge in [-0.3, -0.25) is 0 Å². The van der Waals surface area contributed by atoms with Gasteiger partial charge in [0.1, 0.15) is 0 Å². The SMILES string of the molecule is CC(C)(C)C1CCCN(c2ccnc(F)c2)CC1. The smallest absolute Gasteiger partial charge is 0.214 e. The number of aromatic nitrogens is 1. The molecule has 2 heterocycles. The van der Waals surface area contributed by atoms with Gasteiger partial charge in [0.25, 0.3) is 0 Å². The maximum absolute atomic E-state index is 13.2. The highest BCUT2D eigenvalue weighted by molar-refractivity contribution is 5.44. The lowest BCUT2D eigenvalue weighted by Gasteiger charge is -2.30. The molecule has 2 rings (SSSR count). The molecule has 2 nitrogen and oxygen atoms in total. The van der Waals surface area contributed by atoms with E-state index in [1.54, 1.807) is 6.20 Å². The van der Waals surface area contributed by atoms with Gasteiger partial charge in [-0.05, 0) is 36.7 Å². The van der Waals surface area contributed by atoms with Gasteiger partial charge in [-0.1, -0.05) is 20.8 Å². The van der Waals surface area contributed by atoms with Crippen LogP contribution in [0.2, 0.25) is 0 Å². The minimum absolute atomic E-state index is 0.375. The Morgan fingerprint density at radius 1 is 1.28 bits per heavy atom. The fraction of sp³-hybridized carbons (Fsp3) is 0.667. The Balaban J connectivity index is 2.05. The summed E-state index contributed by atoms with van der Waals surface area (Å²) < 4.78 is 13.2. The van der Waals surface area contributed by atoms with Crippen LogP contribution in [0.1, 0.15) is 40.0 Å². The fourth-order valence-corrected chi connectivity index (χ4v) is 2.81. The zero-order valence-corrected chi connectivity index (χ0v) is 11.6. The van der Waals surface area contributed by atoms with Crippen LogP contribution in [-0.4, -0.2) is 18.1 Å². The molecule has 0 radical (unpaired) electrons. The molecule has 0 saturated carbocycles. The number of nitrogens with zero attached hydrogens (tertiary/aromatic N) is 2. The van der Waals surface area contributed by atoms with Crippen LogP contribution < -0.4 is 4.90 Å². The van der Waals surface area contributed by atoms with Crippen molar-refractivity contribution in [3.8, 4) is 0 Å². The van der Waals surface area contributed by atoms with Crippen molar-refractivity contribution in [3.05, 3.63) is 24.3 Å². The Hall–Kier alpha value is -1.12. The topological polar surface area (TPSA) is 16.1 Å². The third-order valence-electron chi connectivity index (χ3n) is 4.03. The first-order chi connectivity index (χ1) is 8.47. The standard InChI is InChI=1S/C15H23FN2/c1-15(2,3)12-5-4-9-18(10-7-12)13-6-8-17-14(16)11-13/h6,8,11-12H,4-5,7,9-10H2,1-3H3. The largest absolute Gasteiger partial charge is 0.371 e. The Morgan fingerprint density at radius 3 is 2.72 bits per heavy atom. The average molecular weight is 250 g/mol. The molecule has 100 valence electrons. The predicted octanol–water partition coefficient (Wildman–Crippen LogP) is 3.87. The lowest BCUT2D eigenvalue weighted by Crippen LogP contribution is -2.26. The van der Waals surface area contributed by atoms with E-state index in [-0.39, 0.29) is 5.95 Å². The molecule has 1 unspecified atom stereocenters. The number of halogens is 1. The summed E-state index contributed by atoms with van der Waals surface area (Å²) in [5, 5.41) is 0. The van der Waals surface area contributed by atoms with Crippen molar-refractivity contribution in [3.63, 3.8) is 0 Å². The molecule has 3 heteroatoms. The summed E-state index contributed by atoms with van der Waals surface area (Å²) in [5.41, 5.74) is 1.34. The van der Waals surface area contributed by atoms with Crippen LogP contribution >= 0.6 is 0 Å². The first-order valence-electron chi connectivity index (χ1n) is 6.83. The first kappa shape index (κ1) is 13.3. The van der Waals surface area contributed by atoms with Crippen molar-refractivity contribution in [2.24, 2.45) is 11.3 Å². The molecule has 1 fully saturated rings. The molecule has 1 aromatic rings. The molecule has 0 amide bonds. The van der Waals surface area contributed by atoms with Crippen LogP contribution in [0.15, 0.2) is 18.3 Å². The van der Waals surface area contributed by atoms with Crippen molar-refractivity contribution < 1.29 is 4.39 Å². The summed E-state index contributed by atoms with van der Waals surface area (Å²) in [6.07, 6.45) is 5.20. The third kappa shape index (κ3) is 3.21. The molecule has 0 bridgehead atoms. The normalized spacial score (nSPS) is 21.8. The Labute approximate surface area is 109 Å². The number of hydrogen-bond donors (Lipinski definition) is 0. The van der Waals surface area contributed by atoms with Gasteiger partial charge in [-0.25, -0.2) is 4.98 Å². The molecule has 0 spiro atoms. The predicted molar refractivity (Wildman–Crippen MR) is 73.2 cm³/mol. The van der Waals surface area contributed by atoms with Crippen LogP contribution in [0.5, 0.6) is 0 Å². The lowest BCUT2D eigenvalue weighted by molar-refractivity contribution is 0.220. The van der Waals surface area contributed by atoms with Crippen LogP contribution in [0.4, 0.5) is 10.1 Å². The van der Waals surface area contributed by atoms with Gasteiger partial charge in [-0.2, -0.15) is 4.39 Å². The van der Waals surface area contributed by atoms with E-state index in [1.807, 2.05) is 6.07 Å². The van der Waals surface area contributed by atoms with E-state index >= 15 is 0 Å². The maximum atomic E-state index is 13.2. The van der Waals surface area contributed by atoms with E-state index in [0.29, 0.717) is 5.41 Å². The highest BCUT2D eigenvalue weighted by atomic mass is 19.1. The summed E-state index contributed by atoms with van der Waals surface area (Å²) in [5.74, 6) is 0.373. The molecule has 0 aromatic carbocycles. The molecule has 1 saturated heterocycles. The number of anilines is 1. The minimum atomic E-state index is -0.385. The highest BCUT2D eigenvalue weighted by Gasteiger charge is 2.27. The number of pyridine rings is 1. The van der Waals surface area contributed by atoms with E-state index < -0.39 is 0 Å². The highest BCUT2D eigenvalue weighted by Crippen LogP contribution is 2.35. The second-order valence-electron chi connectivity index (χ2n) is 6.32. The second-order valence-corrected chi connectivity index (χ2v) is 6.32. The number of rotatable bonds is 1. The van der Waals surface area contributed by atoms with E-state index in [1.165, 1.54) is 25.3 Å². The minimum Gasteiger partial charge on any atom is -0.371 e. The zero-order valence-electron chi connectivity index (χ0n) is 11.6.